The van der Waals surface area contributed by atoms with Gasteiger partial charge in [0.25, 0.3) is 0 Å². The van der Waals surface area contributed by atoms with Gasteiger partial charge in [-0.15, -0.1) is 0 Å². The molecule has 0 aliphatic carbocycles. The molecule has 0 fully saturated rings. The highest BCUT2D eigenvalue weighted by Gasteiger charge is 2.04. The normalized spacial score (nSPS) is 11.8. The maximum Gasteiger partial charge on any atom is 0.364 e. The van der Waals surface area contributed by atoms with Crippen molar-refractivity contribution < 1.29 is 0 Å². The van der Waals surface area contributed by atoms with Crippen LogP contribution in [-0.4, -0.2) is 42.2 Å². The van der Waals surface area contributed by atoms with Gasteiger partial charge in [0.15, 0.2) is 11.6 Å². The summed E-state index contributed by atoms with van der Waals surface area (Å²) in [4.78, 5) is 23.3. The standard InChI is InChI=1S/C16H18N8O2/c1-3-13-19-21-15(25)23(13)17-9-11-5-7-12(8-6-11)10-18-24-14(4-2)20-22-16(24)26/h5-10H,3-4H2,1-2H3,(H,21,25)(H,22,26)/b17-9+,18-10+. The Morgan fingerprint density at radius 3 is 1.58 bits per heavy atom. The van der Waals surface area contributed by atoms with Gasteiger partial charge in [0.05, 0.1) is 12.4 Å². The molecule has 0 saturated heterocycles. The van der Waals surface area contributed by atoms with E-state index in [1.165, 1.54) is 9.35 Å². The van der Waals surface area contributed by atoms with Gasteiger partial charge in [-0.2, -0.15) is 29.8 Å². The number of H-pyrrole nitrogens is 2. The molecule has 10 heteroatoms. The third-order valence-corrected chi connectivity index (χ3v) is 3.65. The molecule has 3 rings (SSSR count). The Hall–Kier alpha value is -3.56. The van der Waals surface area contributed by atoms with Crippen molar-refractivity contribution in [1.82, 2.24) is 29.7 Å². The van der Waals surface area contributed by atoms with Gasteiger partial charge < -0.3 is 0 Å². The summed E-state index contributed by atoms with van der Waals surface area (Å²) in [5.41, 5.74) is 0.873. The Kier molecular flexibility index (Phi) is 5.02. The summed E-state index contributed by atoms with van der Waals surface area (Å²) < 4.78 is 2.46. The van der Waals surface area contributed by atoms with Crippen molar-refractivity contribution in [1.29, 1.82) is 0 Å². The number of hydrogen-bond acceptors (Lipinski definition) is 6. The Morgan fingerprint density at radius 2 is 1.23 bits per heavy atom. The number of aryl methyl sites for hydroxylation is 2. The second-order valence-corrected chi connectivity index (χ2v) is 5.38. The molecule has 0 aliphatic heterocycles. The number of benzene rings is 1. The van der Waals surface area contributed by atoms with Crippen molar-refractivity contribution in [2.75, 3.05) is 0 Å². The lowest BCUT2D eigenvalue weighted by Gasteiger charge is -1.98. The number of nitrogens with zero attached hydrogens (tertiary/aromatic N) is 6. The first-order chi connectivity index (χ1) is 12.6. The summed E-state index contributed by atoms with van der Waals surface area (Å²) in [7, 11) is 0. The zero-order chi connectivity index (χ0) is 18.5. The summed E-state index contributed by atoms with van der Waals surface area (Å²) in [5.74, 6) is 1.12. The van der Waals surface area contributed by atoms with E-state index in [-0.39, 0.29) is 11.4 Å². The van der Waals surface area contributed by atoms with Gasteiger partial charge in [-0.1, -0.05) is 38.1 Å². The van der Waals surface area contributed by atoms with Crippen molar-refractivity contribution in [2.24, 2.45) is 10.2 Å². The number of rotatable bonds is 6. The van der Waals surface area contributed by atoms with E-state index in [1.54, 1.807) is 12.4 Å². The number of hydrogen-bond donors (Lipinski definition) is 2. The summed E-state index contributed by atoms with van der Waals surface area (Å²) in [6, 6.07) is 7.34. The van der Waals surface area contributed by atoms with Gasteiger partial charge in [-0.25, -0.2) is 19.8 Å². The third kappa shape index (κ3) is 3.58. The molecule has 26 heavy (non-hydrogen) atoms. The molecule has 2 N–H and O–H groups in total. The highest BCUT2D eigenvalue weighted by atomic mass is 16.2. The molecular weight excluding hydrogens is 336 g/mol. The number of aromatic nitrogens is 6. The second-order valence-electron chi connectivity index (χ2n) is 5.38. The maximum absolute atomic E-state index is 11.6. The van der Waals surface area contributed by atoms with E-state index in [0.29, 0.717) is 24.5 Å². The predicted molar refractivity (Wildman–Crippen MR) is 96.9 cm³/mol. The second kappa shape index (κ2) is 7.55. The minimum Gasteiger partial charge on any atom is -0.244 e. The average Bonchev–Trinajstić information content (AvgIpc) is 3.20. The Morgan fingerprint density at radius 1 is 0.846 bits per heavy atom. The average molecular weight is 354 g/mol. The van der Waals surface area contributed by atoms with E-state index in [2.05, 4.69) is 30.6 Å². The third-order valence-electron chi connectivity index (χ3n) is 3.65. The molecule has 0 amide bonds. The van der Waals surface area contributed by atoms with Crippen LogP contribution in [0.1, 0.15) is 36.6 Å². The molecule has 134 valence electrons. The SMILES string of the molecule is CCc1n[nH]c(=O)n1/N=C/c1ccc(/C=N/n2c(CC)n[nH]c2=O)cc1. The van der Waals surface area contributed by atoms with Crippen molar-refractivity contribution in [3.63, 3.8) is 0 Å². The highest BCUT2D eigenvalue weighted by molar-refractivity contribution is 5.84. The van der Waals surface area contributed by atoms with Crippen LogP contribution in [0.3, 0.4) is 0 Å². The molecule has 0 unspecified atom stereocenters. The zero-order valence-electron chi connectivity index (χ0n) is 14.4. The monoisotopic (exact) mass is 354 g/mol. The van der Waals surface area contributed by atoms with Gasteiger partial charge in [0, 0.05) is 12.8 Å². The van der Waals surface area contributed by atoms with E-state index >= 15 is 0 Å². The molecule has 2 aromatic heterocycles. The first-order valence-corrected chi connectivity index (χ1v) is 8.13. The van der Waals surface area contributed by atoms with Crippen LogP contribution in [0.25, 0.3) is 0 Å². The molecule has 0 atom stereocenters. The molecule has 2 heterocycles. The van der Waals surface area contributed by atoms with Crippen LogP contribution in [-0.2, 0) is 12.8 Å². The fourth-order valence-corrected chi connectivity index (χ4v) is 2.26. The Balaban J connectivity index is 1.76. The quantitative estimate of drug-likeness (QED) is 0.619. The van der Waals surface area contributed by atoms with Gasteiger partial charge in [0.2, 0.25) is 0 Å². The summed E-state index contributed by atoms with van der Waals surface area (Å²) in [5, 5.41) is 20.8. The van der Waals surface area contributed by atoms with E-state index < -0.39 is 0 Å². The first kappa shape index (κ1) is 17.3. The van der Waals surface area contributed by atoms with Crippen molar-refractivity contribution in [3.05, 3.63) is 68.0 Å². The van der Waals surface area contributed by atoms with Gasteiger partial charge in [-0.05, 0) is 11.1 Å². The van der Waals surface area contributed by atoms with Crippen molar-refractivity contribution in [3.8, 4) is 0 Å². The first-order valence-electron chi connectivity index (χ1n) is 8.13. The van der Waals surface area contributed by atoms with Crippen LogP contribution >= 0.6 is 0 Å². The lowest BCUT2D eigenvalue weighted by atomic mass is 10.2. The lowest BCUT2D eigenvalue weighted by Crippen LogP contribution is -2.14. The summed E-state index contributed by atoms with van der Waals surface area (Å²) >= 11 is 0. The van der Waals surface area contributed by atoms with Crippen LogP contribution in [0, 0.1) is 0 Å². The smallest absolute Gasteiger partial charge is 0.244 e. The number of aromatic amines is 2. The molecule has 0 saturated carbocycles. The fourth-order valence-electron chi connectivity index (χ4n) is 2.26. The minimum absolute atomic E-state index is 0.376. The minimum atomic E-state index is -0.376. The van der Waals surface area contributed by atoms with Crippen LogP contribution in [0.5, 0.6) is 0 Å². The summed E-state index contributed by atoms with van der Waals surface area (Å²) in [6.07, 6.45) is 4.34. The Labute approximate surface area is 147 Å². The van der Waals surface area contributed by atoms with Gasteiger partial charge in [-0.3, -0.25) is 0 Å². The molecule has 1 aromatic carbocycles. The maximum atomic E-state index is 11.6. The summed E-state index contributed by atoms with van der Waals surface area (Å²) in [6.45, 7) is 3.79. The van der Waals surface area contributed by atoms with E-state index in [0.717, 1.165) is 11.1 Å². The van der Waals surface area contributed by atoms with Crippen LogP contribution < -0.4 is 11.4 Å². The van der Waals surface area contributed by atoms with Crippen LogP contribution in [0.2, 0.25) is 0 Å². The zero-order valence-corrected chi connectivity index (χ0v) is 14.4. The van der Waals surface area contributed by atoms with Crippen LogP contribution in [0.4, 0.5) is 0 Å². The van der Waals surface area contributed by atoms with E-state index in [4.69, 9.17) is 0 Å². The molecule has 3 aromatic rings. The van der Waals surface area contributed by atoms with Gasteiger partial charge >= 0.3 is 11.4 Å². The molecule has 0 radical (unpaired) electrons. The molecule has 0 spiro atoms. The van der Waals surface area contributed by atoms with Gasteiger partial charge in [0.1, 0.15) is 0 Å². The predicted octanol–water partition coefficient (Wildman–Crippen LogP) is 0.345. The Bertz CT molecular complexity index is 964. The van der Waals surface area contributed by atoms with E-state index in [1.807, 2.05) is 38.1 Å². The topological polar surface area (TPSA) is 126 Å². The molecule has 0 bridgehead atoms. The lowest BCUT2D eigenvalue weighted by molar-refractivity contribution is 0.765. The van der Waals surface area contributed by atoms with Crippen molar-refractivity contribution in [2.45, 2.75) is 26.7 Å². The van der Waals surface area contributed by atoms with Crippen LogP contribution in [0.15, 0.2) is 44.1 Å². The largest absolute Gasteiger partial charge is 0.364 e. The molecular formula is C16H18N8O2. The fraction of sp³-hybridized carbons (Fsp3) is 0.250. The van der Waals surface area contributed by atoms with E-state index in [9.17, 15) is 9.59 Å². The van der Waals surface area contributed by atoms with Crippen molar-refractivity contribution >= 4 is 12.4 Å². The number of nitrogens with one attached hydrogen (secondary N) is 2. The molecule has 0 aliphatic rings. The highest BCUT2D eigenvalue weighted by Crippen LogP contribution is 2.02. The molecule has 10 nitrogen and oxygen atoms in total.